The SMILES string of the molecule is CCCc1cc(OCCO)cc(F)c1C1(C(C)=O)CCN(c2nc3c(c(=O)[nH]2)CCCN3C)CC1. The Hall–Kier alpha value is -2.94. The van der Waals surface area contributed by atoms with Crippen LogP contribution in [0.3, 0.4) is 0 Å². The lowest BCUT2D eigenvalue weighted by Crippen LogP contribution is -2.48. The number of hydrogen-bond acceptors (Lipinski definition) is 7. The van der Waals surface area contributed by atoms with Gasteiger partial charge < -0.3 is 19.6 Å². The quantitative estimate of drug-likeness (QED) is 0.592. The number of halogens is 1. The minimum absolute atomic E-state index is 0.0657. The summed E-state index contributed by atoms with van der Waals surface area (Å²) in [5, 5.41) is 9.06. The summed E-state index contributed by atoms with van der Waals surface area (Å²) in [6, 6.07) is 3.12. The van der Waals surface area contributed by atoms with E-state index in [1.165, 1.54) is 13.0 Å². The third kappa shape index (κ3) is 4.78. The van der Waals surface area contributed by atoms with Gasteiger partial charge in [0.1, 0.15) is 29.8 Å². The van der Waals surface area contributed by atoms with E-state index in [4.69, 9.17) is 14.8 Å². The predicted molar refractivity (Wildman–Crippen MR) is 133 cm³/mol. The summed E-state index contributed by atoms with van der Waals surface area (Å²) in [6.45, 7) is 5.27. The second-order valence-corrected chi connectivity index (χ2v) is 9.60. The van der Waals surface area contributed by atoms with Crippen molar-refractivity contribution < 1.29 is 19.0 Å². The molecule has 8 nitrogen and oxygen atoms in total. The number of ketones is 1. The molecule has 3 heterocycles. The Morgan fingerprint density at radius 1 is 1.29 bits per heavy atom. The zero-order valence-corrected chi connectivity index (χ0v) is 20.8. The number of Topliss-reactive ketones (excluding diaryl/α,β-unsaturated/α-hetero) is 1. The number of aliphatic hydroxyl groups is 1. The number of nitrogens with zero attached hydrogens (tertiary/aromatic N) is 3. The van der Waals surface area contributed by atoms with Crippen molar-refractivity contribution in [1.82, 2.24) is 9.97 Å². The van der Waals surface area contributed by atoms with Gasteiger partial charge in [0, 0.05) is 38.3 Å². The molecule has 0 bridgehead atoms. The second-order valence-electron chi connectivity index (χ2n) is 9.60. The fourth-order valence-corrected chi connectivity index (χ4v) is 5.53. The Labute approximate surface area is 205 Å². The van der Waals surface area contributed by atoms with Crippen LogP contribution < -0.4 is 20.1 Å². The Balaban J connectivity index is 1.66. The molecule has 2 aliphatic rings. The molecule has 4 rings (SSSR count). The van der Waals surface area contributed by atoms with Gasteiger partial charge in [0.2, 0.25) is 5.95 Å². The number of aromatic amines is 1. The van der Waals surface area contributed by atoms with E-state index in [9.17, 15) is 9.59 Å². The van der Waals surface area contributed by atoms with Crippen LogP contribution in [0.4, 0.5) is 16.2 Å². The van der Waals surface area contributed by atoms with Gasteiger partial charge in [-0.2, -0.15) is 4.98 Å². The number of rotatable bonds is 8. The average Bonchev–Trinajstić information content (AvgIpc) is 2.83. The van der Waals surface area contributed by atoms with E-state index < -0.39 is 11.2 Å². The van der Waals surface area contributed by atoms with Crippen molar-refractivity contribution in [2.24, 2.45) is 0 Å². The van der Waals surface area contributed by atoms with Crippen molar-refractivity contribution in [3.05, 3.63) is 45.0 Å². The van der Waals surface area contributed by atoms with Crippen molar-refractivity contribution >= 4 is 17.5 Å². The molecular weight excluding hydrogens is 451 g/mol. The highest BCUT2D eigenvalue weighted by Crippen LogP contribution is 2.42. The van der Waals surface area contributed by atoms with E-state index in [2.05, 4.69) is 4.98 Å². The number of hydrogen-bond donors (Lipinski definition) is 2. The van der Waals surface area contributed by atoms with Crippen LogP contribution in [-0.2, 0) is 23.1 Å². The van der Waals surface area contributed by atoms with Crippen LogP contribution in [0, 0.1) is 5.82 Å². The molecule has 0 saturated carbocycles. The van der Waals surface area contributed by atoms with Crippen LogP contribution in [0.2, 0.25) is 0 Å². The van der Waals surface area contributed by atoms with Crippen LogP contribution in [-0.4, -0.2) is 60.8 Å². The third-order valence-corrected chi connectivity index (χ3v) is 7.36. The minimum atomic E-state index is -0.952. The number of nitrogens with one attached hydrogen (secondary N) is 1. The first-order valence-electron chi connectivity index (χ1n) is 12.5. The predicted octanol–water partition coefficient (Wildman–Crippen LogP) is 2.74. The number of H-pyrrole nitrogens is 1. The second kappa shape index (κ2) is 10.4. The van der Waals surface area contributed by atoms with Crippen LogP contribution in [0.1, 0.15) is 56.2 Å². The topological polar surface area (TPSA) is 98.8 Å². The van der Waals surface area contributed by atoms with E-state index in [1.807, 2.05) is 23.8 Å². The Morgan fingerprint density at radius 3 is 2.69 bits per heavy atom. The molecule has 0 amide bonds. The molecule has 1 aromatic carbocycles. The standard InChI is InChI=1S/C26H35FN4O4/c1-4-6-18-15-19(35-14-13-32)16-21(27)22(18)26(17(2)33)8-11-31(12-9-26)25-28-23-20(24(34)29-25)7-5-10-30(23)3/h15-16,32H,4-14H2,1-3H3,(H,28,29,34). The molecule has 0 aliphatic carbocycles. The molecule has 190 valence electrons. The average molecular weight is 487 g/mol. The molecule has 1 fully saturated rings. The minimum Gasteiger partial charge on any atom is -0.491 e. The molecular formula is C26H35FN4O4. The van der Waals surface area contributed by atoms with Crippen LogP contribution in [0.15, 0.2) is 16.9 Å². The number of ether oxygens (including phenoxy) is 1. The molecule has 0 atom stereocenters. The first-order valence-corrected chi connectivity index (χ1v) is 12.5. The number of aliphatic hydroxyl groups excluding tert-OH is 1. The van der Waals surface area contributed by atoms with Crippen LogP contribution in [0.5, 0.6) is 5.75 Å². The summed E-state index contributed by atoms with van der Waals surface area (Å²) in [6.07, 6.45) is 3.89. The molecule has 0 radical (unpaired) electrons. The largest absolute Gasteiger partial charge is 0.491 e. The summed E-state index contributed by atoms with van der Waals surface area (Å²) >= 11 is 0. The normalized spacial score (nSPS) is 17.3. The van der Waals surface area contributed by atoms with Crippen molar-refractivity contribution in [2.45, 2.75) is 57.8 Å². The maximum absolute atomic E-state index is 15.6. The van der Waals surface area contributed by atoms with Gasteiger partial charge in [-0.15, -0.1) is 0 Å². The smallest absolute Gasteiger partial charge is 0.257 e. The number of aryl methyl sites for hydroxylation is 1. The van der Waals surface area contributed by atoms with Crippen molar-refractivity contribution in [1.29, 1.82) is 0 Å². The number of fused-ring (bicyclic) bond motifs is 1. The van der Waals surface area contributed by atoms with Crippen LogP contribution >= 0.6 is 0 Å². The number of aromatic nitrogens is 2. The molecule has 2 aliphatic heterocycles. The summed E-state index contributed by atoms with van der Waals surface area (Å²) in [4.78, 5) is 37.5. The number of anilines is 2. The molecule has 2 aromatic rings. The Morgan fingerprint density at radius 2 is 2.03 bits per heavy atom. The first kappa shape index (κ1) is 25.2. The van der Waals surface area contributed by atoms with E-state index in [0.717, 1.165) is 24.9 Å². The number of benzene rings is 1. The van der Waals surface area contributed by atoms with Crippen molar-refractivity contribution in [3.63, 3.8) is 0 Å². The highest BCUT2D eigenvalue weighted by atomic mass is 19.1. The number of carbonyl (C=O) groups is 1. The van der Waals surface area contributed by atoms with Gasteiger partial charge in [-0.25, -0.2) is 4.39 Å². The Kier molecular flexibility index (Phi) is 7.44. The third-order valence-electron chi connectivity index (χ3n) is 7.36. The Bertz CT molecular complexity index is 1140. The molecule has 1 saturated heterocycles. The van der Waals surface area contributed by atoms with Gasteiger partial charge in [-0.05, 0) is 50.7 Å². The number of piperidine rings is 1. The van der Waals surface area contributed by atoms with Crippen molar-refractivity contribution in [2.75, 3.05) is 49.7 Å². The van der Waals surface area contributed by atoms with Gasteiger partial charge in [-0.1, -0.05) is 13.3 Å². The molecule has 0 spiro atoms. The van der Waals surface area contributed by atoms with Gasteiger partial charge in [-0.3, -0.25) is 14.6 Å². The van der Waals surface area contributed by atoms with E-state index >= 15 is 4.39 Å². The molecule has 2 N–H and O–H groups in total. The summed E-state index contributed by atoms with van der Waals surface area (Å²) in [5.74, 6) is 1.06. The van der Waals surface area contributed by atoms with Gasteiger partial charge in [0.15, 0.2) is 0 Å². The monoisotopic (exact) mass is 486 g/mol. The fraction of sp³-hybridized carbons (Fsp3) is 0.577. The molecule has 9 heteroatoms. The maximum atomic E-state index is 15.6. The highest BCUT2D eigenvalue weighted by Gasteiger charge is 2.44. The van der Waals surface area contributed by atoms with Gasteiger partial charge in [0.05, 0.1) is 17.6 Å². The lowest BCUT2D eigenvalue weighted by molar-refractivity contribution is -0.123. The zero-order chi connectivity index (χ0) is 25.2. The lowest BCUT2D eigenvalue weighted by Gasteiger charge is -2.42. The maximum Gasteiger partial charge on any atom is 0.257 e. The van der Waals surface area contributed by atoms with E-state index in [1.54, 1.807) is 6.07 Å². The summed E-state index contributed by atoms with van der Waals surface area (Å²) in [5.41, 5.74) is 0.869. The molecule has 1 aromatic heterocycles. The molecule has 0 unspecified atom stereocenters. The van der Waals surface area contributed by atoms with Crippen LogP contribution in [0.25, 0.3) is 0 Å². The lowest BCUT2D eigenvalue weighted by atomic mass is 9.68. The highest BCUT2D eigenvalue weighted by molar-refractivity contribution is 5.89. The van der Waals surface area contributed by atoms with E-state index in [0.29, 0.717) is 67.4 Å². The molecule has 35 heavy (non-hydrogen) atoms. The first-order chi connectivity index (χ1) is 16.8. The van der Waals surface area contributed by atoms with Crippen molar-refractivity contribution in [3.8, 4) is 5.75 Å². The number of carbonyl (C=O) groups excluding carboxylic acids is 1. The van der Waals surface area contributed by atoms with E-state index in [-0.39, 0.29) is 24.6 Å². The summed E-state index contributed by atoms with van der Waals surface area (Å²) in [7, 11) is 1.94. The summed E-state index contributed by atoms with van der Waals surface area (Å²) < 4.78 is 21.1. The fourth-order valence-electron chi connectivity index (χ4n) is 5.53. The van der Waals surface area contributed by atoms with Gasteiger partial charge >= 0.3 is 0 Å². The van der Waals surface area contributed by atoms with Gasteiger partial charge in [0.25, 0.3) is 5.56 Å². The zero-order valence-electron chi connectivity index (χ0n) is 20.8.